The monoisotopic (exact) mass is 1330 g/mol. The fourth-order valence-electron chi connectivity index (χ4n) is 16.9. The Kier molecular flexibility index (Phi) is 13.0. The van der Waals surface area contributed by atoms with Crippen molar-refractivity contribution in [3.8, 4) is 50.8 Å². The largest absolute Gasteiger partial charge is 0.311 e. The number of rotatable bonds is 7. The third-order valence-electron chi connectivity index (χ3n) is 21.6. The zero-order valence-corrected chi connectivity index (χ0v) is 58.5. The summed E-state index contributed by atoms with van der Waals surface area (Å²) in [5.74, 6) is 0. The second kappa shape index (κ2) is 22.1. The lowest BCUT2D eigenvalue weighted by molar-refractivity contribution is 0.590. The SMILES string of the molecule is CC(C)(C)c1ccc(N2c3cc(-n4c5ccccc5c5ccccc54)ccc3B3c4ccc(-n5c6ccccc6c6cc(C#N)ccc65)cc4N(c4ccc(C(C)(C)C)cc4-c4ccccc4)c4cc(-c5cccc6c5sc5ccc7sc8ccccc8c7c56)cc2c43)c(-c2ccccc2)c1. The molecule has 0 spiro atoms. The highest BCUT2D eigenvalue weighted by Crippen LogP contribution is 2.54. The Balaban J connectivity index is 0.955. The molecule has 14 aromatic carbocycles. The van der Waals surface area contributed by atoms with Gasteiger partial charge < -0.3 is 18.9 Å². The average molecular weight is 1330 g/mol. The first-order valence-electron chi connectivity index (χ1n) is 35.0. The Morgan fingerprint density at radius 3 is 1.33 bits per heavy atom. The van der Waals surface area contributed by atoms with Gasteiger partial charge in [0.05, 0.1) is 45.1 Å². The van der Waals surface area contributed by atoms with Crippen molar-refractivity contribution < 1.29 is 0 Å². The van der Waals surface area contributed by atoms with Crippen molar-refractivity contribution in [2.24, 2.45) is 0 Å². The molecule has 0 bridgehead atoms. The summed E-state index contributed by atoms with van der Waals surface area (Å²) >= 11 is 3.80. The number of para-hydroxylation sites is 3. The summed E-state index contributed by atoms with van der Waals surface area (Å²) in [6, 6.07) is 112. The maximum absolute atomic E-state index is 10.4. The number of hydrogen-bond donors (Lipinski definition) is 0. The lowest BCUT2D eigenvalue weighted by Crippen LogP contribution is -2.61. The predicted octanol–water partition coefficient (Wildman–Crippen LogP) is 24.2. The molecular weight excluding hydrogens is 1260 g/mol. The third kappa shape index (κ3) is 8.99. The van der Waals surface area contributed by atoms with Gasteiger partial charge in [-0.3, -0.25) is 0 Å². The predicted molar refractivity (Wildman–Crippen MR) is 433 cm³/mol. The van der Waals surface area contributed by atoms with Crippen molar-refractivity contribution >= 4 is 164 Å². The first-order chi connectivity index (χ1) is 49.3. The van der Waals surface area contributed by atoms with Gasteiger partial charge in [-0.05, 0) is 176 Å². The number of fused-ring (bicyclic) bond motifs is 17. The highest BCUT2D eigenvalue weighted by atomic mass is 32.1. The zero-order valence-electron chi connectivity index (χ0n) is 56.8. The maximum atomic E-state index is 10.4. The molecule has 478 valence electrons. The van der Waals surface area contributed by atoms with E-state index in [4.69, 9.17) is 0 Å². The molecule has 2 aliphatic heterocycles. The summed E-state index contributed by atoms with van der Waals surface area (Å²) in [6.45, 7) is 13.7. The fraction of sp³-hybridized carbons (Fsp3) is 0.0860. The summed E-state index contributed by atoms with van der Waals surface area (Å²) in [7, 11) is 0. The highest BCUT2D eigenvalue weighted by Gasteiger charge is 2.45. The minimum atomic E-state index is -0.243. The summed E-state index contributed by atoms with van der Waals surface area (Å²) in [5.41, 5.74) is 26.7. The smallest absolute Gasteiger partial charge is 0.252 e. The van der Waals surface area contributed by atoms with Gasteiger partial charge >= 0.3 is 0 Å². The molecule has 8 heteroatoms. The van der Waals surface area contributed by atoms with Gasteiger partial charge in [0, 0.05) is 107 Å². The van der Waals surface area contributed by atoms with Crippen LogP contribution in [0.3, 0.4) is 0 Å². The molecule has 5 nitrogen and oxygen atoms in total. The zero-order chi connectivity index (χ0) is 67.7. The minimum absolute atomic E-state index is 0.138. The molecule has 0 fully saturated rings. The standard InChI is InChI=1S/C93H66BN5S2/c1-92(2,3)60-37-44-78(70(51-60)57-22-9-7-10-23-57)98-81-53-62(96-75-32-17-13-26-65(75)66-27-14-18-33-76(66)96)39-41-73(81)94-74-42-40-63(97-77-34-19-15-28-67(77)72-48-56(55-95)36-43-80(72)97)54-82(74)99(79-45-38-61(93(4,5)6)52-71(79)58-24-11-8-12-25-58)84-50-59(49-83(98)90(84)94)64-30-21-31-69-89-87(101-91(64)69)47-46-86-88(89)68-29-16-20-35-85(68)100-86/h7-54H,1-6H3. The normalized spacial score (nSPS) is 13.0. The number of aromatic nitrogens is 2. The van der Waals surface area contributed by atoms with E-state index in [1.807, 2.05) is 28.7 Å². The number of anilines is 6. The van der Waals surface area contributed by atoms with E-state index in [9.17, 15) is 5.26 Å². The van der Waals surface area contributed by atoms with E-state index in [0.717, 1.165) is 106 Å². The molecule has 2 aliphatic rings. The number of nitrogens with zero attached hydrogens (tertiary/aromatic N) is 5. The molecule has 0 aliphatic carbocycles. The quantitative estimate of drug-likeness (QED) is 0.149. The van der Waals surface area contributed by atoms with Crippen LogP contribution in [-0.2, 0) is 10.8 Å². The Morgan fingerprint density at radius 1 is 0.327 bits per heavy atom. The Labute approximate surface area is 595 Å². The second-order valence-corrected chi connectivity index (χ2v) is 31.6. The molecule has 4 aromatic heterocycles. The molecule has 18 aromatic rings. The van der Waals surface area contributed by atoms with Crippen molar-refractivity contribution in [1.82, 2.24) is 9.13 Å². The van der Waals surface area contributed by atoms with Gasteiger partial charge in [-0.15, -0.1) is 22.7 Å². The summed E-state index contributed by atoms with van der Waals surface area (Å²) in [4.78, 5) is 5.31. The maximum Gasteiger partial charge on any atom is 0.252 e. The van der Waals surface area contributed by atoms with E-state index < -0.39 is 0 Å². The van der Waals surface area contributed by atoms with Crippen molar-refractivity contribution in [3.05, 3.63) is 308 Å². The molecule has 0 N–H and O–H groups in total. The Morgan fingerprint density at radius 2 is 0.792 bits per heavy atom. The van der Waals surface area contributed by atoms with Gasteiger partial charge in [0.25, 0.3) is 6.71 Å². The number of hydrogen-bond acceptors (Lipinski definition) is 5. The van der Waals surface area contributed by atoms with Gasteiger partial charge in [-0.1, -0.05) is 217 Å². The molecule has 0 radical (unpaired) electrons. The first-order valence-corrected chi connectivity index (χ1v) is 36.6. The molecule has 0 saturated carbocycles. The van der Waals surface area contributed by atoms with E-state index in [1.54, 1.807) is 0 Å². The number of thiophene rings is 2. The van der Waals surface area contributed by atoms with Crippen LogP contribution in [0.5, 0.6) is 0 Å². The topological polar surface area (TPSA) is 40.1 Å². The second-order valence-electron chi connectivity index (χ2n) is 29.5. The molecule has 0 unspecified atom stereocenters. The molecule has 0 atom stereocenters. The van der Waals surface area contributed by atoms with Crippen molar-refractivity contribution in [1.29, 1.82) is 5.26 Å². The third-order valence-corrected chi connectivity index (χ3v) is 24.0. The summed E-state index contributed by atoms with van der Waals surface area (Å²) in [6.07, 6.45) is 0. The molecule has 0 amide bonds. The van der Waals surface area contributed by atoms with E-state index in [-0.39, 0.29) is 17.5 Å². The highest BCUT2D eigenvalue weighted by molar-refractivity contribution is 7.28. The van der Waals surface area contributed by atoms with Crippen LogP contribution in [-0.4, -0.2) is 15.8 Å². The molecule has 20 rings (SSSR count). The van der Waals surface area contributed by atoms with Crippen LogP contribution in [0.15, 0.2) is 291 Å². The van der Waals surface area contributed by atoms with Gasteiger partial charge in [0.15, 0.2) is 0 Å². The van der Waals surface area contributed by atoms with Crippen LogP contribution in [0, 0.1) is 11.3 Å². The van der Waals surface area contributed by atoms with Crippen molar-refractivity contribution in [3.63, 3.8) is 0 Å². The first kappa shape index (κ1) is 59.3. The summed E-state index contributed by atoms with van der Waals surface area (Å²) < 4.78 is 10.1. The van der Waals surface area contributed by atoms with E-state index >= 15 is 0 Å². The van der Waals surface area contributed by atoms with Crippen LogP contribution >= 0.6 is 22.7 Å². The average Bonchev–Trinajstić information content (AvgIpc) is 1.23. The van der Waals surface area contributed by atoms with E-state index in [2.05, 4.69) is 352 Å². The van der Waals surface area contributed by atoms with Crippen LogP contribution in [0.2, 0.25) is 0 Å². The van der Waals surface area contributed by atoms with Crippen molar-refractivity contribution in [2.45, 2.75) is 52.4 Å². The number of nitriles is 1. The van der Waals surface area contributed by atoms with Crippen LogP contribution in [0.1, 0.15) is 58.2 Å². The fourth-order valence-corrected chi connectivity index (χ4v) is 19.2. The van der Waals surface area contributed by atoms with Gasteiger partial charge in [0.1, 0.15) is 0 Å². The van der Waals surface area contributed by atoms with Crippen LogP contribution in [0.25, 0.3) is 129 Å². The molecular formula is C93H66BN5S2. The Bertz CT molecular complexity index is 6530. The lowest BCUT2D eigenvalue weighted by Gasteiger charge is -2.45. The van der Waals surface area contributed by atoms with Gasteiger partial charge in [0.2, 0.25) is 0 Å². The molecule has 101 heavy (non-hydrogen) atoms. The van der Waals surface area contributed by atoms with E-state index in [1.165, 1.54) is 84.2 Å². The molecule has 0 saturated heterocycles. The van der Waals surface area contributed by atoms with E-state index in [0.29, 0.717) is 5.56 Å². The molecule has 6 heterocycles. The Hall–Kier alpha value is -11.7. The van der Waals surface area contributed by atoms with Gasteiger partial charge in [-0.25, -0.2) is 0 Å². The van der Waals surface area contributed by atoms with Gasteiger partial charge in [-0.2, -0.15) is 5.26 Å². The lowest BCUT2D eigenvalue weighted by atomic mass is 9.33. The van der Waals surface area contributed by atoms with Crippen molar-refractivity contribution in [2.75, 3.05) is 9.80 Å². The van der Waals surface area contributed by atoms with Crippen LogP contribution in [0.4, 0.5) is 34.1 Å². The minimum Gasteiger partial charge on any atom is -0.311 e. The number of benzene rings is 14. The van der Waals surface area contributed by atoms with Crippen LogP contribution < -0.4 is 26.2 Å². The summed E-state index contributed by atoms with van der Waals surface area (Å²) in [5, 5.41) is 20.2.